The number of hydrogen-bond donors (Lipinski definition) is 1. The van der Waals surface area contributed by atoms with Gasteiger partial charge in [-0.25, -0.2) is 4.39 Å². The van der Waals surface area contributed by atoms with Gasteiger partial charge in [0.05, 0.1) is 5.56 Å². The smallest absolute Gasteiger partial charge is 0.196 e. The van der Waals surface area contributed by atoms with E-state index in [-0.39, 0.29) is 11.3 Å². The molecule has 0 atom stereocenters. The highest BCUT2D eigenvalue weighted by atomic mass is 19.1. The van der Waals surface area contributed by atoms with Crippen LogP contribution in [-0.2, 0) is 0 Å². The number of carbonyl (C=O) groups is 1. The summed E-state index contributed by atoms with van der Waals surface area (Å²) in [5.41, 5.74) is 7.40. The lowest BCUT2D eigenvalue weighted by molar-refractivity contribution is 0.103. The first-order valence-electron chi connectivity index (χ1n) is 6.66. The Morgan fingerprint density at radius 1 is 1.05 bits per heavy atom. The summed E-state index contributed by atoms with van der Waals surface area (Å²) in [6.07, 6.45) is 0. The van der Waals surface area contributed by atoms with Crippen LogP contribution in [0.2, 0.25) is 0 Å². The molecule has 0 unspecified atom stereocenters. The van der Waals surface area contributed by atoms with Crippen LogP contribution in [0.25, 0.3) is 10.8 Å². The zero-order valence-electron chi connectivity index (χ0n) is 11.6. The Labute approximate surface area is 122 Å². The van der Waals surface area contributed by atoms with Crippen LogP contribution in [0.5, 0.6) is 0 Å². The molecular formula is C18H14FNO. The third kappa shape index (κ3) is 2.27. The second-order valence-corrected chi connectivity index (χ2v) is 5.05. The molecule has 3 rings (SSSR count). The van der Waals surface area contributed by atoms with Gasteiger partial charge in [-0.2, -0.15) is 0 Å². The predicted molar refractivity (Wildman–Crippen MR) is 82.9 cm³/mol. The van der Waals surface area contributed by atoms with Crippen molar-refractivity contribution < 1.29 is 9.18 Å². The number of fused-ring (bicyclic) bond motifs is 1. The number of ketones is 1. The van der Waals surface area contributed by atoms with E-state index in [1.807, 2.05) is 43.3 Å². The summed E-state index contributed by atoms with van der Waals surface area (Å²) in [7, 11) is 0. The van der Waals surface area contributed by atoms with E-state index in [1.54, 1.807) is 0 Å². The summed E-state index contributed by atoms with van der Waals surface area (Å²) in [5, 5.41) is 1.78. The highest BCUT2D eigenvalue weighted by Gasteiger charge is 2.18. The molecule has 0 aliphatic carbocycles. The molecule has 0 spiro atoms. The Balaban J connectivity index is 2.27. The predicted octanol–water partition coefficient (Wildman–Crippen LogP) is 4.10. The zero-order valence-corrected chi connectivity index (χ0v) is 11.6. The quantitative estimate of drug-likeness (QED) is 0.567. The number of halogens is 1. The van der Waals surface area contributed by atoms with Crippen LogP contribution in [-0.4, -0.2) is 5.78 Å². The molecule has 2 nitrogen and oxygen atoms in total. The number of nitrogen functional groups attached to an aromatic ring is 1. The number of nitrogens with two attached hydrogens (primary N) is 1. The van der Waals surface area contributed by atoms with E-state index in [0.29, 0.717) is 11.3 Å². The monoisotopic (exact) mass is 279 g/mol. The number of carbonyl (C=O) groups excluding carboxylic acids is 1. The van der Waals surface area contributed by atoms with Crippen LogP contribution in [0.15, 0.2) is 54.6 Å². The maximum Gasteiger partial charge on any atom is 0.196 e. The number of benzene rings is 3. The van der Waals surface area contributed by atoms with E-state index in [1.165, 1.54) is 18.2 Å². The van der Waals surface area contributed by atoms with E-state index in [0.717, 1.165) is 16.3 Å². The van der Waals surface area contributed by atoms with Crippen LogP contribution in [0.3, 0.4) is 0 Å². The van der Waals surface area contributed by atoms with Gasteiger partial charge in [-0.1, -0.05) is 36.4 Å². The summed E-state index contributed by atoms with van der Waals surface area (Å²) >= 11 is 0. The molecule has 0 saturated heterocycles. The van der Waals surface area contributed by atoms with E-state index in [4.69, 9.17) is 5.73 Å². The maximum atomic E-state index is 14.0. The first kappa shape index (κ1) is 13.3. The lowest BCUT2D eigenvalue weighted by Crippen LogP contribution is -2.08. The molecule has 3 aromatic rings. The third-order valence-corrected chi connectivity index (χ3v) is 3.60. The lowest BCUT2D eigenvalue weighted by Gasteiger charge is -2.10. The molecule has 21 heavy (non-hydrogen) atoms. The Kier molecular flexibility index (Phi) is 3.18. The summed E-state index contributed by atoms with van der Waals surface area (Å²) < 4.78 is 14.0. The van der Waals surface area contributed by atoms with Crippen molar-refractivity contribution in [2.75, 3.05) is 5.73 Å². The molecule has 0 heterocycles. The van der Waals surface area contributed by atoms with Gasteiger partial charge in [0.15, 0.2) is 5.78 Å². The average Bonchev–Trinajstić information content (AvgIpc) is 2.49. The number of anilines is 1. The third-order valence-electron chi connectivity index (χ3n) is 3.60. The number of hydrogen-bond acceptors (Lipinski definition) is 2. The van der Waals surface area contributed by atoms with Crippen molar-refractivity contribution in [3.8, 4) is 0 Å². The van der Waals surface area contributed by atoms with Crippen LogP contribution in [0, 0.1) is 12.7 Å². The van der Waals surface area contributed by atoms with Gasteiger partial charge < -0.3 is 5.73 Å². The van der Waals surface area contributed by atoms with Gasteiger partial charge in [-0.15, -0.1) is 0 Å². The Morgan fingerprint density at radius 3 is 2.62 bits per heavy atom. The fourth-order valence-electron chi connectivity index (χ4n) is 2.53. The molecule has 0 radical (unpaired) electrons. The molecule has 0 amide bonds. The van der Waals surface area contributed by atoms with Crippen molar-refractivity contribution in [2.24, 2.45) is 0 Å². The summed E-state index contributed by atoms with van der Waals surface area (Å²) in [5.74, 6) is -0.893. The van der Waals surface area contributed by atoms with Crippen molar-refractivity contribution in [1.29, 1.82) is 0 Å². The normalized spacial score (nSPS) is 10.8. The van der Waals surface area contributed by atoms with Gasteiger partial charge in [-0.05, 0) is 41.5 Å². The van der Waals surface area contributed by atoms with Gasteiger partial charge in [-0.3, -0.25) is 4.79 Å². The molecule has 2 N–H and O–H groups in total. The SMILES string of the molecule is Cc1ccc2ccccc2c1C(=O)c1cc(N)ccc1F. The van der Waals surface area contributed by atoms with Crippen molar-refractivity contribution in [3.05, 3.63) is 77.1 Å². The fourth-order valence-corrected chi connectivity index (χ4v) is 2.53. The van der Waals surface area contributed by atoms with E-state index < -0.39 is 5.82 Å². The Hall–Kier alpha value is -2.68. The minimum absolute atomic E-state index is 0.00875. The van der Waals surface area contributed by atoms with E-state index in [2.05, 4.69) is 0 Å². The van der Waals surface area contributed by atoms with Gasteiger partial charge in [0.1, 0.15) is 5.82 Å². The average molecular weight is 279 g/mol. The molecular weight excluding hydrogens is 265 g/mol. The van der Waals surface area contributed by atoms with Crippen molar-refractivity contribution in [2.45, 2.75) is 6.92 Å². The van der Waals surface area contributed by atoms with E-state index >= 15 is 0 Å². The summed E-state index contributed by atoms with van der Waals surface area (Å²) in [6, 6.07) is 15.5. The van der Waals surface area contributed by atoms with Gasteiger partial charge in [0, 0.05) is 11.3 Å². The maximum absolute atomic E-state index is 14.0. The molecule has 0 aromatic heterocycles. The molecule has 104 valence electrons. The minimum atomic E-state index is -0.554. The van der Waals surface area contributed by atoms with Crippen molar-refractivity contribution in [3.63, 3.8) is 0 Å². The van der Waals surface area contributed by atoms with Gasteiger partial charge in [0.2, 0.25) is 0 Å². The van der Waals surface area contributed by atoms with Crippen LogP contribution >= 0.6 is 0 Å². The topological polar surface area (TPSA) is 43.1 Å². The van der Waals surface area contributed by atoms with Gasteiger partial charge >= 0.3 is 0 Å². The zero-order chi connectivity index (χ0) is 15.0. The van der Waals surface area contributed by atoms with Crippen LogP contribution < -0.4 is 5.73 Å². The molecule has 0 aliphatic rings. The standard InChI is InChI=1S/C18H14FNO/c1-11-6-7-12-4-2-3-5-14(12)17(11)18(21)15-10-13(20)8-9-16(15)19/h2-10H,20H2,1H3. The Bertz CT molecular complexity index is 855. The van der Waals surface area contributed by atoms with Gasteiger partial charge in [0.25, 0.3) is 0 Å². The first-order valence-corrected chi connectivity index (χ1v) is 6.66. The fraction of sp³-hybridized carbons (Fsp3) is 0.0556. The second kappa shape index (κ2) is 5.02. The Morgan fingerprint density at radius 2 is 1.81 bits per heavy atom. The molecule has 3 heteroatoms. The molecule has 0 fully saturated rings. The van der Waals surface area contributed by atoms with Crippen molar-refractivity contribution >= 4 is 22.2 Å². The largest absolute Gasteiger partial charge is 0.399 e. The molecule has 0 saturated carbocycles. The summed E-state index contributed by atoms with van der Waals surface area (Å²) in [4.78, 5) is 12.8. The highest BCUT2D eigenvalue weighted by Crippen LogP contribution is 2.26. The minimum Gasteiger partial charge on any atom is -0.399 e. The number of rotatable bonds is 2. The number of aryl methyl sites for hydroxylation is 1. The van der Waals surface area contributed by atoms with E-state index in [9.17, 15) is 9.18 Å². The van der Waals surface area contributed by atoms with Crippen LogP contribution in [0.1, 0.15) is 21.5 Å². The molecule has 0 aliphatic heterocycles. The molecule has 3 aromatic carbocycles. The summed E-state index contributed by atoms with van der Waals surface area (Å²) in [6.45, 7) is 1.85. The molecule has 0 bridgehead atoms. The first-order chi connectivity index (χ1) is 10.1. The second-order valence-electron chi connectivity index (χ2n) is 5.05. The van der Waals surface area contributed by atoms with Crippen LogP contribution in [0.4, 0.5) is 10.1 Å². The highest BCUT2D eigenvalue weighted by molar-refractivity contribution is 6.17. The van der Waals surface area contributed by atoms with Crippen molar-refractivity contribution in [1.82, 2.24) is 0 Å². The lowest BCUT2D eigenvalue weighted by atomic mass is 9.93.